The summed E-state index contributed by atoms with van der Waals surface area (Å²) in [7, 11) is 0. The van der Waals surface area contributed by atoms with E-state index in [0.29, 0.717) is 17.1 Å². The molecule has 2 heterocycles. The SMILES string of the molecule is Cc1cccc(C(=O)c2cccc(=O)n2-c2ccccn2)c1. The van der Waals surface area contributed by atoms with Crippen LogP contribution in [0.2, 0.25) is 0 Å². The third-order valence-electron chi connectivity index (χ3n) is 3.35. The van der Waals surface area contributed by atoms with Crippen molar-refractivity contribution in [2.24, 2.45) is 0 Å². The fraction of sp³-hybridized carbons (Fsp3) is 0.0556. The molecule has 0 bridgehead atoms. The standard InChI is InChI=1S/C18H14N2O2/c1-13-6-4-7-14(12-13)18(22)15-8-5-10-17(21)20(15)16-9-2-3-11-19-16/h2-12H,1H3. The first-order valence-corrected chi connectivity index (χ1v) is 6.91. The number of aryl methyl sites for hydroxylation is 1. The second-order valence-corrected chi connectivity index (χ2v) is 4.97. The van der Waals surface area contributed by atoms with Gasteiger partial charge in [-0.3, -0.25) is 14.2 Å². The van der Waals surface area contributed by atoms with Gasteiger partial charge in [0.25, 0.3) is 5.56 Å². The van der Waals surface area contributed by atoms with Crippen LogP contribution < -0.4 is 5.56 Å². The van der Waals surface area contributed by atoms with E-state index in [2.05, 4.69) is 4.98 Å². The number of hydrogen-bond acceptors (Lipinski definition) is 3. The maximum atomic E-state index is 12.8. The molecule has 1 aromatic carbocycles. The predicted molar refractivity (Wildman–Crippen MR) is 84.4 cm³/mol. The van der Waals surface area contributed by atoms with Crippen LogP contribution in [-0.2, 0) is 0 Å². The van der Waals surface area contributed by atoms with Gasteiger partial charge in [-0.2, -0.15) is 0 Å². The van der Waals surface area contributed by atoms with E-state index in [1.165, 1.54) is 10.6 Å². The molecule has 4 heteroatoms. The average molecular weight is 290 g/mol. The van der Waals surface area contributed by atoms with E-state index in [1.807, 2.05) is 25.1 Å². The Labute approximate surface area is 127 Å². The van der Waals surface area contributed by atoms with Crippen LogP contribution in [0.15, 0.2) is 71.7 Å². The minimum atomic E-state index is -0.280. The van der Waals surface area contributed by atoms with Crippen molar-refractivity contribution in [2.45, 2.75) is 6.92 Å². The predicted octanol–water partition coefficient (Wildman–Crippen LogP) is 2.77. The van der Waals surface area contributed by atoms with E-state index in [9.17, 15) is 9.59 Å². The summed E-state index contributed by atoms with van der Waals surface area (Å²) in [5, 5.41) is 0. The van der Waals surface area contributed by atoms with Gasteiger partial charge in [-0.15, -0.1) is 0 Å². The van der Waals surface area contributed by atoms with E-state index in [-0.39, 0.29) is 11.3 Å². The lowest BCUT2D eigenvalue weighted by molar-refractivity contribution is 0.103. The number of aromatic nitrogens is 2. The van der Waals surface area contributed by atoms with Crippen LogP contribution in [0.1, 0.15) is 21.6 Å². The number of hydrogen-bond donors (Lipinski definition) is 0. The van der Waals surface area contributed by atoms with Gasteiger partial charge in [-0.05, 0) is 31.2 Å². The van der Waals surface area contributed by atoms with Gasteiger partial charge in [0.1, 0.15) is 5.82 Å². The Kier molecular flexibility index (Phi) is 3.66. The zero-order valence-electron chi connectivity index (χ0n) is 12.1. The Morgan fingerprint density at radius 1 is 1.00 bits per heavy atom. The molecule has 0 aliphatic heterocycles. The zero-order valence-corrected chi connectivity index (χ0v) is 12.1. The Morgan fingerprint density at radius 3 is 2.55 bits per heavy atom. The lowest BCUT2D eigenvalue weighted by Crippen LogP contribution is -2.24. The smallest absolute Gasteiger partial charge is 0.256 e. The average Bonchev–Trinajstić information content (AvgIpc) is 2.55. The summed E-state index contributed by atoms with van der Waals surface area (Å²) in [5.74, 6) is 0.233. The number of nitrogens with zero attached hydrogens (tertiary/aromatic N) is 2. The summed E-state index contributed by atoms with van der Waals surface area (Å²) in [6.45, 7) is 1.92. The van der Waals surface area contributed by atoms with E-state index < -0.39 is 0 Å². The van der Waals surface area contributed by atoms with Crippen LogP contribution in [0.4, 0.5) is 0 Å². The molecule has 0 atom stereocenters. The molecular formula is C18H14N2O2. The number of benzene rings is 1. The highest BCUT2D eigenvalue weighted by Crippen LogP contribution is 2.13. The molecule has 0 aliphatic rings. The van der Waals surface area contributed by atoms with Crippen molar-refractivity contribution in [3.63, 3.8) is 0 Å². The van der Waals surface area contributed by atoms with Gasteiger partial charge in [-0.25, -0.2) is 4.98 Å². The first kappa shape index (κ1) is 13.9. The molecule has 0 radical (unpaired) electrons. The topological polar surface area (TPSA) is 52.0 Å². The van der Waals surface area contributed by atoms with Gasteiger partial charge in [0.15, 0.2) is 0 Å². The van der Waals surface area contributed by atoms with Gasteiger partial charge < -0.3 is 0 Å². The van der Waals surface area contributed by atoms with Crippen molar-refractivity contribution in [3.05, 3.63) is 94.0 Å². The molecule has 3 aromatic rings. The van der Waals surface area contributed by atoms with Crippen molar-refractivity contribution in [1.29, 1.82) is 0 Å². The van der Waals surface area contributed by atoms with Crippen molar-refractivity contribution >= 4 is 5.78 Å². The van der Waals surface area contributed by atoms with Crippen molar-refractivity contribution in [1.82, 2.24) is 9.55 Å². The maximum Gasteiger partial charge on any atom is 0.256 e. The highest BCUT2D eigenvalue weighted by atomic mass is 16.1. The lowest BCUT2D eigenvalue weighted by atomic mass is 10.0. The summed E-state index contributed by atoms with van der Waals surface area (Å²) in [6, 6.07) is 17.2. The summed E-state index contributed by atoms with van der Waals surface area (Å²) < 4.78 is 1.34. The second kappa shape index (κ2) is 5.77. The molecule has 3 rings (SSSR count). The molecule has 0 amide bonds. The quantitative estimate of drug-likeness (QED) is 0.697. The van der Waals surface area contributed by atoms with Crippen LogP contribution in [-0.4, -0.2) is 15.3 Å². The van der Waals surface area contributed by atoms with E-state index in [4.69, 9.17) is 0 Å². The fourth-order valence-electron chi connectivity index (χ4n) is 2.32. The monoisotopic (exact) mass is 290 g/mol. The normalized spacial score (nSPS) is 10.4. The first-order chi connectivity index (χ1) is 10.7. The van der Waals surface area contributed by atoms with Crippen LogP contribution in [0, 0.1) is 6.92 Å². The molecule has 2 aromatic heterocycles. The molecule has 0 saturated heterocycles. The minimum absolute atomic E-state index is 0.202. The van der Waals surface area contributed by atoms with Gasteiger partial charge in [0.2, 0.25) is 5.78 Å². The Bertz CT molecular complexity index is 883. The third-order valence-corrected chi connectivity index (χ3v) is 3.35. The number of rotatable bonds is 3. The first-order valence-electron chi connectivity index (χ1n) is 6.91. The summed E-state index contributed by atoms with van der Waals surface area (Å²) in [5.41, 5.74) is 1.57. The Hall–Kier alpha value is -3.01. The largest absolute Gasteiger partial charge is 0.287 e. The Balaban J connectivity index is 2.18. The van der Waals surface area contributed by atoms with E-state index in [1.54, 1.807) is 42.6 Å². The van der Waals surface area contributed by atoms with E-state index in [0.717, 1.165) is 5.56 Å². The number of ketones is 1. The van der Waals surface area contributed by atoms with Gasteiger partial charge >= 0.3 is 0 Å². The maximum absolute atomic E-state index is 12.8. The van der Waals surface area contributed by atoms with Crippen LogP contribution in [0.25, 0.3) is 5.82 Å². The van der Waals surface area contributed by atoms with Gasteiger partial charge in [0.05, 0.1) is 5.69 Å². The summed E-state index contributed by atoms with van der Waals surface area (Å²) in [4.78, 5) is 29.1. The molecule has 0 saturated carbocycles. The molecule has 0 N–H and O–H groups in total. The zero-order chi connectivity index (χ0) is 15.5. The molecule has 0 fully saturated rings. The molecule has 22 heavy (non-hydrogen) atoms. The minimum Gasteiger partial charge on any atom is -0.287 e. The van der Waals surface area contributed by atoms with Gasteiger partial charge in [-0.1, -0.05) is 35.9 Å². The molecular weight excluding hydrogens is 276 g/mol. The van der Waals surface area contributed by atoms with Crippen molar-refractivity contribution in [3.8, 4) is 5.82 Å². The molecule has 0 unspecified atom stereocenters. The van der Waals surface area contributed by atoms with E-state index >= 15 is 0 Å². The number of carbonyl (C=O) groups excluding carboxylic acids is 1. The second-order valence-electron chi connectivity index (χ2n) is 4.97. The van der Waals surface area contributed by atoms with Crippen LogP contribution in [0.5, 0.6) is 0 Å². The van der Waals surface area contributed by atoms with Crippen LogP contribution >= 0.6 is 0 Å². The van der Waals surface area contributed by atoms with Crippen molar-refractivity contribution < 1.29 is 4.79 Å². The fourth-order valence-corrected chi connectivity index (χ4v) is 2.32. The highest BCUT2D eigenvalue weighted by molar-refractivity contribution is 6.08. The Morgan fingerprint density at radius 2 is 1.82 bits per heavy atom. The summed E-state index contributed by atoms with van der Waals surface area (Å²) in [6.07, 6.45) is 1.59. The van der Waals surface area contributed by atoms with Crippen LogP contribution in [0.3, 0.4) is 0 Å². The molecule has 4 nitrogen and oxygen atoms in total. The lowest BCUT2D eigenvalue weighted by Gasteiger charge is -2.11. The van der Waals surface area contributed by atoms with Crippen molar-refractivity contribution in [2.75, 3.05) is 0 Å². The highest BCUT2D eigenvalue weighted by Gasteiger charge is 2.16. The molecule has 108 valence electrons. The number of carbonyl (C=O) groups is 1. The summed E-state index contributed by atoms with van der Waals surface area (Å²) >= 11 is 0. The third kappa shape index (κ3) is 2.59. The molecule has 0 spiro atoms. The van der Waals surface area contributed by atoms with Gasteiger partial charge in [0, 0.05) is 17.8 Å². The number of pyridine rings is 2. The molecule has 0 aliphatic carbocycles.